The molecule has 122 valence electrons. The van der Waals surface area contributed by atoms with Crippen molar-refractivity contribution in [1.29, 1.82) is 0 Å². The predicted molar refractivity (Wildman–Crippen MR) is 89.0 cm³/mol. The third-order valence-corrected chi connectivity index (χ3v) is 4.35. The van der Waals surface area contributed by atoms with E-state index in [0.29, 0.717) is 11.8 Å². The van der Waals surface area contributed by atoms with Crippen molar-refractivity contribution >= 4 is 0 Å². The van der Waals surface area contributed by atoms with E-state index in [2.05, 4.69) is 31.1 Å². The summed E-state index contributed by atoms with van der Waals surface area (Å²) in [7, 11) is 0. The molecule has 0 unspecified atom stereocenters. The van der Waals surface area contributed by atoms with Gasteiger partial charge in [-0.15, -0.1) is 10.2 Å². The van der Waals surface area contributed by atoms with E-state index in [0.717, 1.165) is 43.9 Å². The maximum Gasteiger partial charge on any atom is 0.247 e. The molecule has 1 aliphatic rings. The van der Waals surface area contributed by atoms with Gasteiger partial charge in [0.2, 0.25) is 11.8 Å². The molecule has 4 rings (SSSR count). The number of nitrogens with zero attached hydrogens (tertiary/aromatic N) is 5. The van der Waals surface area contributed by atoms with Gasteiger partial charge in [0, 0.05) is 43.4 Å². The SMILES string of the molecule is c1cncc(CN2CCC[C@H](c3nnc(-c4ccncc4)o3)C2)c1. The molecule has 0 aliphatic carbocycles. The van der Waals surface area contributed by atoms with Crippen molar-refractivity contribution in [3.8, 4) is 11.5 Å². The maximum absolute atomic E-state index is 5.92. The van der Waals surface area contributed by atoms with Gasteiger partial charge in [0.25, 0.3) is 0 Å². The van der Waals surface area contributed by atoms with Crippen molar-refractivity contribution in [3.05, 3.63) is 60.5 Å². The Morgan fingerprint density at radius 1 is 1.08 bits per heavy atom. The Labute approximate surface area is 140 Å². The standard InChI is InChI=1S/C18H19N5O/c1-3-14(11-20-7-1)12-23-10-2-4-16(13-23)18-22-21-17(24-18)15-5-8-19-9-6-15/h1,3,5-9,11,16H,2,4,10,12-13H2/t16-/m0/s1. The van der Waals surface area contributed by atoms with E-state index in [1.807, 2.05) is 30.6 Å². The van der Waals surface area contributed by atoms with Crippen molar-refractivity contribution in [1.82, 2.24) is 25.1 Å². The average molecular weight is 321 g/mol. The minimum Gasteiger partial charge on any atom is -0.420 e. The Hall–Kier alpha value is -2.60. The molecule has 6 heteroatoms. The largest absolute Gasteiger partial charge is 0.420 e. The molecule has 0 spiro atoms. The van der Waals surface area contributed by atoms with Gasteiger partial charge < -0.3 is 4.42 Å². The molecule has 3 aromatic rings. The normalized spacial score (nSPS) is 18.6. The fraction of sp³-hybridized carbons (Fsp3) is 0.333. The highest BCUT2D eigenvalue weighted by Crippen LogP contribution is 2.28. The molecule has 1 saturated heterocycles. The van der Waals surface area contributed by atoms with E-state index >= 15 is 0 Å². The Morgan fingerprint density at radius 2 is 2.00 bits per heavy atom. The third kappa shape index (κ3) is 3.33. The van der Waals surface area contributed by atoms with Gasteiger partial charge in [-0.1, -0.05) is 6.07 Å². The highest BCUT2D eigenvalue weighted by molar-refractivity contribution is 5.50. The second-order valence-corrected chi connectivity index (χ2v) is 6.12. The summed E-state index contributed by atoms with van der Waals surface area (Å²) in [6.45, 7) is 2.94. The molecular weight excluding hydrogens is 302 g/mol. The third-order valence-electron chi connectivity index (χ3n) is 4.35. The van der Waals surface area contributed by atoms with Gasteiger partial charge in [-0.2, -0.15) is 0 Å². The van der Waals surface area contributed by atoms with Gasteiger partial charge in [0.15, 0.2) is 0 Å². The van der Waals surface area contributed by atoms with Gasteiger partial charge in [0.05, 0.1) is 5.92 Å². The van der Waals surface area contributed by atoms with E-state index in [1.54, 1.807) is 12.4 Å². The number of pyridine rings is 2. The molecule has 3 aromatic heterocycles. The molecule has 1 fully saturated rings. The molecule has 0 aromatic carbocycles. The first kappa shape index (κ1) is 15.0. The van der Waals surface area contributed by atoms with Crippen molar-refractivity contribution in [2.45, 2.75) is 25.3 Å². The number of piperidine rings is 1. The fourth-order valence-corrected chi connectivity index (χ4v) is 3.16. The van der Waals surface area contributed by atoms with Crippen LogP contribution in [0.25, 0.3) is 11.5 Å². The monoisotopic (exact) mass is 321 g/mol. The van der Waals surface area contributed by atoms with Gasteiger partial charge in [0.1, 0.15) is 0 Å². The van der Waals surface area contributed by atoms with Gasteiger partial charge in [-0.05, 0) is 43.1 Å². The highest BCUT2D eigenvalue weighted by atomic mass is 16.4. The topological polar surface area (TPSA) is 67.9 Å². The zero-order valence-corrected chi connectivity index (χ0v) is 13.4. The Kier molecular flexibility index (Phi) is 4.29. The average Bonchev–Trinajstić information content (AvgIpc) is 3.14. The van der Waals surface area contributed by atoms with Crippen LogP contribution in [0.5, 0.6) is 0 Å². The summed E-state index contributed by atoms with van der Waals surface area (Å²) in [6, 6.07) is 7.86. The lowest BCUT2D eigenvalue weighted by molar-refractivity contribution is 0.186. The molecule has 0 amide bonds. The van der Waals surface area contributed by atoms with E-state index in [-0.39, 0.29) is 0 Å². The van der Waals surface area contributed by atoms with Crippen molar-refractivity contribution < 1.29 is 4.42 Å². The van der Waals surface area contributed by atoms with E-state index in [4.69, 9.17) is 4.42 Å². The molecule has 0 N–H and O–H groups in total. The summed E-state index contributed by atoms with van der Waals surface area (Å²) >= 11 is 0. The minimum absolute atomic E-state index is 0.290. The fourth-order valence-electron chi connectivity index (χ4n) is 3.16. The summed E-state index contributed by atoms with van der Waals surface area (Å²) in [5, 5.41) is 8.48. The molecule has 0 saturated carbocycles. The first-order valence-electron chi connectivity index (χ1n) is 8.23. The van der Waals surface area contributed by atoms with E-state index in [9.17, 15) is 0 Å². The van der Waals surface area contributed by atoms with Crippen molar-refractivity contribution in [2.75, 3.05) is 13.1 Å². The molecule has 0 radical (unpaired) electrons. The number of aromatic nitrogens is 4. The van der Waals surface area contributed by atoms with E-state index in [1.165, 1.54) is 5.56 Å². The number of rotatable bonds is 4. The molecule has 24 heavy (non-hydrogen) atoms. The van der Waals surface area contributed by atoms with Crippen molar-refractivity contribution in [3.63, 3.8) is 0 Å². The molecule has 4 heterocycles. The predicted octanol–water partition coefficient (Wildman–Crippen LogP) is 2.91. The zero-order valence-electron chi connectivity index (χ0n) is 13.4. The molecule has 0 bridgehead atoms. The van der Waals surface area contributed by atoms with Crippen LogP contribution in [0.15, 0.2) is 53.5 Å². The zero-order chi connectivity index (χ0) is 16.2. The van der Waals surface area contributed by atoms with Crippen molar-refractivity contribution in [2.24, 2.45) is 0 Å². The second-order valence-electron chi connectivity index (χ2n) is 6.12. The van der Waals surface area contributed by atoms with E-state index < -0.39 is 0 Å². The second kappa shape index (κ2) is 6.88. The Balaban J connectivity index is 1.45. The summed E-state index contributed by atoms with van der Waals surface area (Å²) in [5.74, 6) is 1.59. The lowest BCUT2D eigenvalue weighted by atomic mass is 9.97. The van der Waals surface area contributed by atoms with Crippen LogP contribution in [0.3, 0.4) is 0 Å². The maximum atomic E-state index is 5.92. The summed E-state index contributed by atoms with van der Waals surface area (Å²) in [4.78, 5) is 10.6. The summed E-state index contributed by atoms with van der Waals surface area (Å²) in [5.41, 5.74) is 2.15. The summed E-state index contributed by atoms with van der Waals surface area (Å²) in [6.07, 6.45) is 9.42. The highest BCUT2D eigenvalue weighted by Gasteiger charge is 2.26. The van der Waals surface area contributed by atoms with Crippen LogP contribution < -0.4 is 0 Å². The van der Waals surface area contributed by atoms with Gasteiger partial charge >= 0.3 is 0 Å². The molecule has 6 nitrogen and oxygen atoms in total. The molecule has 1 atom stereocenters. The van der Waals surface area contributed by atoms with Crippen LogP contribution in [-0.2, 0) is 6.54 Å². The van der Waals surface area contributed by atoms with Gasteiger partial charge in [-0.25, -0.2) is 0 Å². The number of likely N-dealkylation sites (tertiary alicyclic amines) is 1. The van der Waals surface area contributed by atoms with Gasteiger partial charge in [-0.3, -0.25) is 14.9 Å². The Bertz CT molecular complexity index is 774. The van der Waals surface area contributed by atoms with Crippen LogP contribution in [0.4, 0.5) is 0 Å². The summed E-state index contributed by atoms with van der Waals surface area (Å²) < 4.78 is 5.92. The molecule has 1 aliphatic heterocycles. The lowest BCUT2D eigenvalue weighted by Gasteiger charge is -2.30. The Morgan fingerprint density at radius 3 is 2.83 bits per heavy atom. The first-order valence-corrected chi connectivity index (χ1v) is 8.23. The van der Waals surface area contributed by atoms with Crippen LogP contribution in [-0.4, -0.2) is 38.2 Å². The van der Waals surface area contributed by atoms with Crippen LogP contribution in [0.1, 0.15) is 30.2 Å². The quantitative estimate of drug-likeness (QED) is 0.736. The number of hydrogen-bond donors (Lipinski definition) is 0. The van der Waals surface area contributed by atoms with Crippen LogP contribution in [0.2, 0.25) is 0 Å². The van der Waals surface area contributed by atoms with Crippen LogP contribution >= 0.6 is 0 Å². The lowest BCUT2D eigenvalue weighted by Crippen LogP contribution is -2.34. The number of hydrogen-bond acceptors (Lipinski definition) is 6. The first-order chi connectivity index (χ1) is 11.9. The smallest absolute Gasteiger partial charge is 0.247 e. The molecular formula is C18H19N5O. The minimum atomic E-state index is 0.290. The van der Waals surface area contributed by atoms with Crippen LogP contribution in [0, 0.1) is 0 Å².